The minimum Gasteiger partial charge on any atom is -0.447 e. The zero-order valence-corrected chi connectivity index (χ0v) is 10.6. The number of nitriles is 1. The van der Waals surface area contributed by atoms with Gasteiger partial charge in [-0.15, -0.1) is 0 Å². The predicted molar refractivity (Wildman–Crippen MR) is 69.2 cm³/mol. The van der Waals surface area contributed by atoms with Crippen LogP contribution in [-0.4, -0.2) is 24.6 Å². The largest absolute Gasteiger partial charge is 0.447 e. The fourth-order valence-electron chi connectivity index (χ4n) is 1.26. The normalized spacial score (nSPS) is 10.9. The van der Waals surface area contributed by atoms with E-state index in [2.05, 4.69) is 10.6 Å². The van der Waals surface area contributed by atoms with Gasteiger partial charge in [-0.3, -0.25) is 4.79 Å². The number of carbonyl (C=O) groups is 2. The Morgan fingerprint density at radius 2 is 2.05 bits per heavy atom. The molecular formula is C13H15N3O3. The minimum absolute atomic E-state index is 0.0221. The van der Waals surface area contributed by atoms with Crippen LogP contribution in [0, 0.1) is 11.3 Å². The number of benzene rings is 1. The SMILES string of the molecule is C[C@H](C#N)OC(=O)CCNC(=O)Nc1ccccc1. The molecule has 0 radical (unpaired) electrons. The van der Waals surface area contributed by atoms with E-state index in [9.17, 15) is 9.59 Å². The van der Waals surface area contributed by atoms with Crippen LogP contribution in [0.15, 0.2) is 30.3 Å². The molecule has 1 rings (SSSR count). The minimum atomic E-state index is -0.773. The summed E-state index contributed by atoms with van der Waals surface area (Å²) in [7, 11) is 0. The van der Waals surface area contributed by atoms with E-state index in [0.717, 1.165) is 0 Å². The molecule has 0 bridgehead atoms. The van der Waals surface area contributed by atoms with E-state index in [1.807, 2.05) is 6.07 Å². The van der Waals surface area contributed by atoms with Crippen LogP contribution in [0.3, 0.4) is 0 Å². The standard InChI is InChI=1S/C13H15N3O3/c1-10(9-14)19-12(17)7-8-15-13(18)16-11-5-3-2-4-6-11/h2-6,10H,7-8H2,1H3,(H2,15,16,18)/t10-/m1/s1. The number of para-hydroxylation sites is 1. The highest BCUT2D eigenvalue weighted by Crippen LogP contribution is 2.04. The molecule has 0 aliphatic carbocycles. The maximum absolute atomic E-state index is 11.4. The van der Waals surface area contributed by atoms with Crippen molar-refractivity contribution in [2.75, 3.05) is 11.9 Å². The highest BCUT2D eigenvalue weighted by molar-refractivity contribution is 5.89. The maximum Gasteiger partial charge on any atom is 0.319 e. The topological polar surface area (TPSA) is 91.2 Å². The monoisotopic (exact) mass is 261 g/mol. The van der Waals surface area contributed by atoms with E-state index < -0.39 is 18.1 Å². The van der Waals surface area contributed by atoms with Crippen molar-refractivity contribution < 1.29 is 14.3 Å². The van der Waals surface area contributed by atoms with Gasteiger partial charge in [0.15, 0.2) is 6.10 Å². The van der Waals surface area contributed by atoms with E-state index in [1.54, 1.807) is 30.3 Å². The third-order valence-electron chi connectivity index (χ3n) is 2.14. The number of ether oxygens (including phenoxy) is 1. The molecule has 0 fully saturated rings. The zero-order valence-electron chi connectivity index (χ0n) is 10.6. The third kappa shape index (κ3) is 6.07. The molecule has 1 atom stereocenters. The van der Waals surface area contributed by atoms with Crippen molar-refractivity contribution in [1.82, 2.24) is 5.32 Å². The van der Waals surface area contributed by atoms with Gasteiger partial charge in [0.1, 0.15) is 6.07 Å². The Labute approximate surface area is 111 Å². The van der Waals surface area contributed by atoms with E-state index in [0.29, 0.717) is 5.69 Å². The van der Waals surface area contributed by atoms with Crippen LogP contribution in [0.1, 0.15) is 13.3 Å². The quantitative estimate of drug-likeness (QED) is 0.788. The molecule has 0 aliphatic heterocycles. The summed E-state index contributed by atoms with van der Waals surface area (Å²) >= 11 is 0. The van der Waals surface area contributed by atoms with Gasteiger partial charge >= 0.3 is 12.0 Å². The predicted octanol–water partition coefficient (Wildman–Crippen LogP) is 1.65. The van der Waals surface area contributed by atoms with Gasteiger partial charge in [0.05, 0.1) is 6.42 Å². The molecule has 0 aromatic heterocycles. The Hall–Kier alpha value is -2.55. The first-order valence-corrected chi connectivity index (χ1v) is 5.81. The molecule has 1 aromatic carbocycles. The maximum atomic E-state index is 11.4. The summed E-state index contributed by atoms with van der Waals surface area (Å²) < 4.78 is 4.73. The van der Waals surface area contributed by atoms with E-state index in [4.69, 9.17) is 10.00 Å². The second-order valence-electron chi connectivity index (χ2n) is 3.76. The van der Waals surface area contributed by atoms with Gasteiger partial charge in [0.2, 0.25) is 0 Å². The number of urea groups is 1. The number of carbonyl (C=O) groups excluding carboxylic acids is 2. The van der Waals surface area contributed by atoms with Crippen molar-refractivity contribution in [2.45, 2.75) is 19.4 Å². The molecule has 0 unspecified atom stereocenters. The Morgan fingerprint density at radius 3 is 2.68 bits per heavy atom. The lowest BCUT2D eigenvalue weighted by atomic mass is 10.3. The van der Waals surface area contributed by atoms with Crippen LogP contribution in [0.5, 0.6) is 0 Å². The lowest BCUT2D eigenvalue weighted by Crippen LogP contribution is -2.31. The number of nitrogens with zero attached hydrogens (tertiary/aromatic N) is 1. The lowest BCUT2D eigenvalue weighted by molar-refractivity contribution is -0.145. The first kappa shape index (κ1) is 14.5. The van der Waals surface area contributed by atoms with Gasteiger partial charge in [-0.2, -0.15) is 5.26 Å². The summed E-state index contributed by atoms with van der Waals surface area (Å²) in [5.41, 5.74) is 0.667. The molecule has 100 valence electrons. The summed E-state index contributed by atoms with van der Waals surface area (Å²) in [6, 6.07) is 10.3. The number of anilines is 1. The second kappa shape index (κ2) is 7.71. The van der Waals surface area contributed by atoms with Crippen LogP contribution >= 0.6 is 0 Å². The number of hydrogen-bond donors (Lipinski definition) is 2. The second-order valence-corrected chi connectivity index (χ2v) is 3.76. The Kier molecular flexibility index (Phi) is 5.89. The van der Waals surface area contributed by atoms with Crippen molar-refractivity contribution in [3.63, 3.8) is 0 Å². The van der Waals surface area contributed by atoms with Crippen molar-refractivity contribution in [3.05, 3.63) is 30.3 Å². The molecule has 0 heterocycles. The number of rotatable bonds is 5. The summed E-state index contributed by atoms with van der Waals surface area (Å²) in [6.45, 7) is 1.63. The highest BCUT2D eigenvalue weighted by atomic mass is 16.5. The van der Waals surface area contributed by atoms with Crippen LogP contribution in [0.25, 0.3) is 0 Å². The van der Waals surface area contributed by atoms with E-state index >= 15 is 0 Å². The summed E-state index contributed by atoms with van der Waals surface area (Å²) in [5.74, 6) is -0.519. The number of nitrogens with one attached hydrogen (secondary N) is 2. The first-order valence-electron chi connectivity index (χ1n) is 5.81. The molecule has 2 amide bonds. The number of hydrogen-bond acceptors (Lipinski definition) is 4. The van der Waals surface area contributed by atoms with Crippen LogP contribution < -0.4 is 10.6 Å². The van der Waals surface area contributed by atoms with Gasteiger partial charge in [-0.25, -0.2) is 4.79 Å². The fourth-order valence-corrected chi connectivity index (χ4v) is 1.26. The Balaban J connectivity index is 2.21. The number of esters is 1. The van der Waals surface area contributed by atoms with Crippen LogP contribution in [0.4, 0.5) is 10.5 Å². The van der Waals surface area contributed by atoms with Crippen molar-refractivity contribution in [1.29, 1.82) is 5.26 Å². The van der Waals surface area contributed by atoms with Gasteiger partial charge in [0, 0.05) is 12.2 Å². The van der Waals surface area contributed by atoms with E-state index in [-0.39, 0.29) is 13.0 Å². The zero-order chi connectivity index (χ0) is 14.1. The smallest absolute Gasteiger partial charge is 0.319 e. The fraction of sp³-hybridized carbons (Fsp3) is 0.308. The van der Waals surface area contributed by atoms with Crippen molar-refractivity contribution in [3.8, 4) is 6.07 Å². The van der Waals surface area contributed by atoms with E-state index in [1.165, 1.54) is 6.92 Å². The molecule has 2 N–H and O–H groups in total. The van der Waals surface area contributed by atoms with Crippen molar-refractivity contribution in [2.24, 2.45) is 0 Å². The summed E-state index contributed by atoms with van der Waals surface area (Å²) in [4.78, 5) is 22.7. The third-order valence-corrected chi connectivity index (χ3v) is 2.14. The number of amides is 2. The molecule has 6 heteroatoms. The average Bonchev–Trinajstić information content (AvgIpc) is 2.39. The van der Waals surface area contributed by atoms with Gasteiger partial charge in [-0.1, -0.05) is 18.2 Å². The summed E-state index contributed by atoms with van der Waals surface area (Å²) in [6.07, 6.45) is -0.750. The molecule has 0 aliphatic rings. The van der Waals surface area contributed by atoms with Crippen LogP contribution in [-0.2, 0) is 9.53 Å². The first-order chi connectivity index (χ1) is 9.11. The van der Waals surface area contributed by atoms with Gasteiger partial charge in [0.25, 0.3) is 0 Å². The molecular weight excluding hydrogens is 246 g/mol. The lowest BCUT2D eigenvalue weighted by Gasteiger charge is -2.08. The molecule has 6 nitrogen and oxygen atoms in total. The molecule has 19 heavy (non-hydrogen) atoms. The Morgan fingerprint density at radius 1 is 1.37 bits per heavy atom. The van der Waals surface area contributed by atoms with Gasteiger partial charge < -0.3 is 15.4 Å². The molecule has 0 saturated heterocycles. The molecule has 1 aromatic rings. The van der Waals surface area contributed by atoms with Crippen LogP contribution in [0.2, 0.25) is 0 Å². The van der Waals surface area contributed by atoms with Crippen molar-refractivity contribution >= 4 is 17.7 Å². The van der Waals surface area contributed by atoms with Gasteiger partial charge in [-0.05, 0) is 19.1 Å². The summed E-state index contributed by atoms with van der Waals surface area (Å²) in [5, 5.41) is 13.6. The highest BCUT2D eigenvalue weighted by Gasteiger charge is 2.08. The average molecular weight is 261 g/mol. The molecule has 0 saturated carbocycles. The molecule has 0 spiro atoms. The Bertz CT molecular complexity index is 468.